The fourth-order valence-electron chi connectivity index (χ4n) is 6.33. The minimum Gasteiger partial charge on any atom is -0.497 e. The number of amides is 1. The molecule has 0 bridgehead atoms. The summed E-state index contributed by atoms with van der Waals surface area (Å²) in [4.78, 5) is 14.7. The first-order valence-corrected chi connectivity index (χ1v) is 13.1. The molecule has 5 rings (SSSR count). The van der Waals surface area contributed by atoms with Crippen LogP contribution in [-0.4, -0.2) is 56.0 Å². The van der Waals surface area contributed by atoms with Crippen molar-refractivity contribution in [2.45, 2.75) is 75.2 Å². The monoisotopic (exact) mass is 478 g/mol. The van der Waals surface area contributed by atoms with Gasteiger partial charge in [0.05, 0.1) is 33.0 Å². The Kier molecular flexibility index (Phi) is 7.59. The average Bonchev–Trinajstić information content (AvgIpc) is 3.11. The van der Waals surface area contributed by atoms with Gasteiger partial charge >= 0.3 is 6.09 Å². The highest BCUT2D eigenvalue weighted by Gasteiger charge is 2.55. The molecular weight excluding hydrogens is 440 g/mol. The molecule has 4 atom stereocenters. The van der Waals surface area contributed by atoms with E-state index in [4.69, 9.17) is 14.2 Å². The maximum atomic E-state index is 12.8. The number of rotatable bonds is 8. The maximum absolute atomic E-state index is 12.8. The molecule has 3 aliphatic rings. The van der Waals surface area contributed by atoms with E-state index in [0.717, 1.165) is 50.8 Å². The highest BCUT2D eigenvalue weighted by molar-refractivity contribution is 5.69. The molecule has 2 unspecified atom stereocenters. The predicted molar refractivity (Wildman–Crippen MR) is 136 cm³/mol. The first kappa shape index (κ1) is 24.1. The molecule has 1 aliphatic heterocycles. The van der Waals surface area contributed by atoms with Crippen molar-refractivity contribution in [3.63, 3.8) is 0 Å². The number of nitrogens with zero attached hydrogens (tertiary/aromatic N) is 1. The molecular formula is C29H38N2O4. The normalized spacial score (nSPS) is 29.8. The molecule has 35 heavy (non-hydrogen) atoms. The summed E-state index contributed by atoms with van der Waals surface area (Å²) in [5.41, 5.74) is 2.65. The van der Waals surface area contributed by atoms with Gasteiger partial charge in [-0.1, -0.05) is 42.5 Å². The van der Waals surface area contributed by atoms with Gasteiger partial charge in [0.1, 0.15) is 5.75 Å². The number of likely N-dealkylation sites (tertiary alicyclic amines) is 1. The lowest BCUT2D eigenvalue weighted by atomic mass is 9.77. The fraction of sp³-hybridized carbons (Fsp3) is 0.552. The Hall–Kier alpha value is -2.57. The Balaban J connectivity index is 1.21. The van der Waals surface area contributed by atoms with E-state index in [1.54, 1.807) is 7.11 Å². The molecule has 188 valence electrons. The summed E-state index contributed by atoms with van der Waals surface area (Å²) in [6.07, 6.45) is 6.66. The number of fused-ring (bicyclic) bond motifs is 1. The van der Waals surface area contributed by atoms with E-state index in [-0.39, 0.29) is 30.3 Å². The standard InChI is InChI=1S/C29H38N2O4/c1-33-23-12-8-20(9-13-23)18-30-28-25-16-17-26(25)31(29(32)34-2)27(28)19-35-24-14-10-22(11-15-24)21-6-4-3-5-7-21/h3-9,12-13,22,24-28,30H,10-11,14-19H2,1-2H3/t22-,24+,25-,26+,27?,28?/m0/s1. The van der Waals surface area contributed by atoms with Crippen LogP contribution in [0.5, 0.6) is 5.75 Å². The number of hydrogen-bond acceptors (Lipinski definition) is 5. The smallest absolute Gasteiger partial charge is 0.410 e. The zero-order valence-corrected chi connectivity index (χ0v) is 20.9. The van der Waals surface area contributed by atoms with Crippen molar-refractivity contribution in [1.82, 2.24) is 10.2 Å². The Morgan fingerprint density at radius 3 is 2.31 bits per heavy atom. The molecule has 1 heterocycles. The van der Waals surface area contributed by atoms with E-state index in [1.807, 2.05) is 17.0 Å². The number of methoxy groups -OCH3 is 2. The van der Waals surface area contributed by atoms with Gasteiger partial charge in [-0.05, 0) is 73.6 Å². The summed E-state index contributed by atoms with van der Waals surface area (Å²) in [5.74, 6) is 1.94. The quantitative estimate of drug-likeness (QED) is 0.570. The van der Waals surface area contributed by atoms with E-state index in [0.29, 0.717) is 18.4 Å². The van der Waals surface area contributed by atoms with Gasteiger partial charge in [0.25, 0.3) is 0 Å². The number of ether oxygens (including phenoxy) is 3. The fourth-order valence-corrected chi connectivity index (χ4v) is 6.33. The predicted octanol–water partition coefficient (Wildman–Crippen LogP) is 5.13. The third-order valence-electron chi connectivity index (χ3n) is 8.41. The second-order valence-electron chi connectivity index (χ2n) is 10.2. The van der Waals surface area contributed by atoms with Gasteiger partial charge < -0.3 is 19.5 Å². The Labute approximate surface area is 208 Å². The maximum Gasteiger partial charge on any atom is 0.410 e. The summed E-state index contributed by atoms with van der Waals surface area (Å²) in [7, 11) is 3.17. The minimum atomic E-state index is -0.227. The zero-order valence-electron chi connectivity index (χ0n) is 20.9. The van der Waals surface area contributed by atoms with Gasteiger partial charge in [-0.2, -0.15) is 0 Å². The van der Waals surface area contributed by atoms with E-state index in [1.165, 1.54) is 18.2 Å². The summed E-state index contributed by atoms with van der Waals surface area (Å²) in [6.45, 7) is 1.31. The first-order valence-electron chi connectivity index (χ1n) is 13.1. The number of benzene rings is 2. The molecule has 2 aromatic carbocycles. The molecule has 1 amide bonds. The van der Waals surface area contributed by atoms with Crippen LogP contribution in [0.4, 0.5) is 4.79 Å². The molecule has 0 radical (unpaired) electrons. The second kappa shape index (κ2) is 11.0. The van der Waals surface area contributed by atoms with Crippen LogP contribution in [0.25, 0.3) is 0 Å². The van der Waals surface area contributed by atoms with E-state index in [9.17, 15) is 4.79 Å². The van der Waals surface area contributed by atoms with Crippen LogP contribution in [0.1, 0.15) is 55.6 Å². The third kappa shape index (κ3) is 5.19. The lowest BCUT2D eigenvalue weighted by molar-refractivity contribution is -0.0109. The number of carbonyl (C=O) groups excluding carboxylic acids is 1. The van der Waals surface area contributed by atoms with Gasteiger partial charge in [-0.15, -0.1) is 0 Å². The Morgan fingerprint density at radius 1 is 0.943 bits per heavy atom. The second-order valence-corrected chi connectivity index (χ2v) is 10.2. The van der Waals surface area contributed by atoms with Crippen LogP contribution < -0.4 is 10.1 Å². The van der Waals surface area contributed by atoms with Gasteiger partial charge in [0, 0.05) is 18.6 Å². The number of hydrogen-bond donors (Lipinski definition) is 1. The van der Waals surface area contributed by atoms with Crippen molar-refractivity contribution in [2.75, 3.05) is 20.8 Å². The molecule has 2 aliphatic carbocycles. The highest BCUT2D eigenvalue weighted by atomic mass is 16.5. The van der Waals surface area contributed by atoms with Crippen LogP contribution in [0.3, 0.4) is 0 Å². The minimum absolute atomic E-state index is 0.00922. The topological polar surface area (TPSA) is 60.0 Å². The van der Waals surface area contributed by atoms with Crippen molar-refractivity contribution in [1.29, 1.82) is 0 Å². The molecule has 6 heteroatoms. The highest BCUT2D eigenvalue weighted by Crippen LogP contribution is 2.45. The largest absolute Gasteiger partial charge is 0.497 e. The van der Waals surface area contributed by atoms with Crippen LogP contribution >= 0.6 is 0 Å². The summed E-state index contributed by atoms with van der Waals surface area (Å²) >= 11 is 0. The third-order valence-corrected chi connectivity index (χ3v) is 8.41. The molecule has 0 spiro atoms. The average molecular weight is 479 g/mol. The molecule has 2 aromatic rings. The van der Waals surface area contributed by atoms with Crippen LogP contribution in [0.15, 0.2) is 54.6 Å². The number of carbonyl (C=O) groups is 1. The van der Waals surface area contributed by atoms with Crippen molar-refractivity contribution in [3.05, 3.63) is 65.7 Å². The van der Waals surface area contributed by atoms with E-state index >= 15 is 0 Å². The van der Waals surface area contributed by atoms with Crippen LogP contribution in [-0.2, 0) is 16.0 Å². The molecule has 2 saturated carbocycles. The first-order chi connectivity index (χ1) is 17.2. The molecule has 0 aromatic heterocycles. The van der Waals surface area contributed by atoms with Crippen LogP contribution in [0, 0.1) is 5.92 Å². The van der Waals surface area contributed by atoms with Crippen LogP contribution in [0.2, 0.25) is 0 Å². The van der Waals surface area contributed by atoms with Crippen molar-refractivity contribution in [2.24, 2.45) is 5.92 Å². The molecule has 1 N–H and O–H groups in total. The Morgan fingerprint density at radius 2 is 1.69 bits per heavy atom. The van der Waals surface area contributed by atoms with Crippen molar-refractivity contribution < 1.29 is 19.0 Å². The zero-order chi connectivity index (χ0) is 24.2. The molecule has 1 saturated heterocycles. The lowest BCUT2D eigenvalue weighted by Crippen LogP contribution is -2.49. The summed E-state index contributed by atoms with van der Waals surface area (Å²) < 4.78 is 17.0. The van der Waals surface area contributed by atoms with E-state index in [2.05, 4.69) is 47.8 Å². The van der Waals surface area contributed by atoms with Gasteiger partial charge in [-0.3, -0.25) is 4.90 Å². The summed E-state index contributed by atoms with van der Waals surface area (Å²) in [6, 6.07) is 19.4. The lowest BCUT2D eigenvalue weighted by Gasteiger charge is -2.36. The van der Waals surface area contributed by atoms with Crippen molar-refractivity contribution >= 4 is 6.09 Å². The summed E-state index contributed by atoms with van der Waals surface area (Å²) in [5, 5.41) is 3.77. The SMILES string of the molecule is COC(=O)N1C(CO[C@H]2CC[C@@H](c3ccccc3)CC2)C(NCc2ccc(OC)cc2)[C@H]2CC[C@H]21. The van der Waals surface area contributed by atoms with Gasteiger partial charge in [-0.25, -0.2) is 4.79 Å². The molecule has 6 nitrogen and oxygen atoms in total. The Bertz CT molecular complexity index is 958. The van der Waals surface area contributed by atoms with Gasteiger partial charge in [0.2, 0.25) is 0 Å². The number of nitrogens with one attached hydrogen (secondary N) is 1. The van der Waals surface area contributed by atoms with Crippen molar-refractivity contribution in [3.8, 4) is 5.75 Å². The van der Waals surface area contributed by atoms with E-state index < -0.39 is 0 Å². The van der Waals surface area contributed by atoms with Gasteiger partial charge in [0.15, 0.2) is 0 Å². The molecule has 3 fully saturated rings.